The first-order valence-corrected chi connectivity index (χ1v) is 7.63. The van der Waals surface area contributed by atoms with Gasteiger partial charge in [-0.05, 0) is 51.3 Å². The summed E-state index contributed by atoms with van der Waals surface area (Å²) in [4.78, 5) is 10.7. The van der Waals surface area contributed by atoms with Crippen molar-refractivity contribution in [2.45, 2.75) is 33.6 Å². The quantitative estimate of drug-likeness (QED) is 0.454. The predicted molar refractivity (Wildman–Crippen MR) is 94.1 cm³/mol. The van der Waals surface area contributed by atoms with Gasteiger partial charge in [0.25, 0.3) is 0 Å². The lowest BCUT2D eigenvalue weighted by molar-refractivity contribution is -0.131. The first-order valence-electron chi connectivity index (χ1n) is 7.63. The molecule has 1 aromatic rings. The Bertz CT molecular complexity index is 692. The Balaban J connectivity index is 3.41. The summed E-state index contributed by atoms with van der Waals surface area (Å²) in [5.41, 5.74) is 3.04. The molecule has 4 N–H and O–H groups in total. The zero-order valence-corrected chi connectivity index (χ0v) is 14.2. The number of aliphatic hydroxyl groups excluding tert-OH is 1. The molecule has 0 aliphatic rings. The normalized spacial score (nSPS) is 11.8. The van der Waals surface area contributed by atoms with Gasteiger partial charge in [0.1, 0.15) is 11.5 Å². The topological polar surface area (TPSA) is 98.0 Å². The van der Waals surface area contributed by atoms with E-state index in [2.05, 4.69) is 0 Å². The highest BCUT2D eigenvalue weighted by atomic mass is 16.4. The summed E-state index contributed by atoms with van der Waals surface area (Å²) in [6.45, 7) is 5.52. The molecule has 0 fully saturated rings. The molecule has 0 saturated carbocycles. The van der Waals surface area contributed by atoms with Crippen molar-refractivity contribution in [1.29, 1.82) is 0 Å². The van der Waals surface area contributed by atoms with Gasteiger partial charge in [-0.15, -0.1) is 0 Å². The third-order valence-corrected chi connectivity index (χ3v) is 3.52. The lowest BCUT2D eigenvalue weighted by atomic mass is 9.96. The van der Waals surface area contributed by atoms with Gasteiger partial charge < -0.3 is 20.4 Å². The van der Waals surface area contributed by atoms with E-state index in [1.165, 1.54) is 6.08 Å². The minimum Gasteiger partial charge on any atom is -0.507 e. The van der Waals surface area contributed by atoms with Gasteiger partial charge in [0.05, 0.1) is 6.61 Å². The zero-order chi connectivity index (χ0) is 18.3. The Labute approximate surface area is 141 Å². The molecule has 0 heterocycles. The largest absolute Gasteiger partial charge is 0.507 e. The molecular formula is C19H24O5. The molecule has 1 aromatic carbocycles. The third kappa shape index (κ3) is 5.59. The van der Waals surface area contributed by atoms with Crippen LogP contribution in [0.5, 0.6) is 11.5 Å². The molecule has 0 aliphatic carbocycles. The Hall–Kier alpha value is -2.53. The maximum absolute atomic E-state index is 10.7. The van der Waals surface area contributed by atoms with E-state index in [-0.39, 0.29) is 24.5 Å². The van der Waals surface area contributed by atoms with E-state index in [0.29, 0.717) is 28.7 Å². The van der Waals surface area contributed by atoms with E-state index in [9.17, 15) is 15.0 Å². The van der Waals surface area contributed by atoms with Gasteiger partial charge in [-0.2, -0.15) is 0 Å². The SMILES string of the molecule is CC(C)=CCc1cc(C=CC(=O)O)c(O)c(CC=C(C)CO)c1O. The van der Waals surface area contributed by atoms with Crippen molar-refractivity contribution >= 4 is 12.0 Å². The average molecular weight is 332 g/mol. The van der Waals surface area contributed by atoms with Crippen LogP contribution in [-0.2, 0) is 17.6 Å². The second kappa shape index (κ2) is 8.93. The smallest absolute Gasteiger partial charge is 0.328 e. The monoisotopic (exact) mass is 332 g/mol. The molecule has 130 valence electrons. The highest BCUT2D eigenvalue weighted by Gasteiger charge is 2.15. The van der Waals surface area contributed by atoms with Crippen LogP contribution in [0.1, 0.15) is 37.5 Å². The van der Waals surface area contributed by atoms with E-state index in [0.717, 1.165) is 11.6 Å². The van der Waals surface area contributed by atoms with Crippen LogP contribution >= 0.6 is 0 Å². The number of hydrogen-bond acceptors (Lipinski definition) is 4. The fraction of sp³-hybridized carbons (Fsp3) is 0.316. The van der Waals surface area contributed by atoms with Crippen molar-refractivity contribution in [2.75, 3.05) is 6.61 Å². The Kier molecular flexibility index (Phi) is 7.27. The summed E-state index contributed by atoms with van der Waals surface area (Å²) in [5, 5.41) is 38.7. The second-order valence-electron chi connectivity index (χ2n) is 5.87. The predicted octanol–water partition coefficient (Wildman–Crippen LogP) is 3.19. The van der Waals surface area contributed by atoms with Crippen LogP contribution in [0, 0.1) is 0 Å². The molecule has 0 aliphatic heterocycles. The van der Waals surface area contributed by atoms with Crippen molar-refractivity contribution in [2.24, 2.45) is 0 Å². The van der Waals surface area contributed by atoms with Crippen LogP contribution in [0.4, 0.5) is 0 Å². The van der Waals surface area contributed by atoms with E-state index < -0.39 is 5.97 Å². The van der Waals surface area contributed by atoms with Crippen molar-refractivity contribution in [3.05, 3.63) is 52.1 Å². The van der Waals surface area contributed by atoms with Gasteiger partial charge in [0.2, 0.25) is 0 Å². The van der Waals surface area contributed by atoms with Crippen molar-refractivity contribution in [3.8, 4) is 11.5 Å². The summed E-state index contributed by atoms with van der Waals surface area (Å²) in [7, 11) is 0. The van der Waals surface area contributed by atoms with Gasteiger partial charge >= 0.3 is 5.97 Å². The fourth-order valence-corrected chi connectivity index (χ4v) is 2.10. The van der Waals surface area contributed by atoms with E-state index >= 15 is 0 Å². The number of hydrogen-bond donors (Lipinski definition) is 4. The van der Waals surface area contributed by atoms with Gasteiger partial charge in [-0.25, -0.2) is 4.79 Å². The molecule has 5 nitrogen and oxygen atoms in total. The van der Waals surface area contributed by atoms with E-state index in [1.807, 2.05) is 19.9 Å². The van der Waals surface area contributed by atoms with Crippen LogP contribution in [0.25, 0.3) is 6.08 Å². The molecule has 0 spiro atoms. The van der Waals surface area contributed by atoms with Crippen molar-refractivity contribution < 1.29 is 25.2 Å². The van der Waals surface area contributed by atoms with E-state index in [1.54, 1.807) is 19.1 Å². The maximum Gasteiger partial charge on any atom is 0.328 e. The first-order chi connectivity index (χ1) is 11.3. The highest BCUT2D eigenvalue weighted by Crippen LogP contribution is 2.36. The number of phenolic OH excluding ortho intramolecular Hbond substituents is 2. The number of carbonyl (C=O) groups is 1. The summed E-state index contributed by atoms with van der Waals surface area (Å²) in [6.07, 6.45) is 6.60. The molecule has 0 amide bonds. The number of phenols is 2. The third-order valence-electron chi connectivity index (χ3n) is 3.52. The van der Waals surface area contributed by atoms with Gasteiger partial charge in [0.15, 0.2) is 0 Å². The fourth-order valence-electron chi connectivity index (χ4n) is 2.10. The molecule has 1 rings (SSSR count). The van der Waals surface area contributed by atoms with Crippen LogP contribution in [0.15, 0.2) is 35.4 Å². The summed E-state index contributed by atoms with van der Waals surface area (Å²) < 4.78 is 0. The number of aliphatic carboxylic acids is 1. The number of aliphatic hydroxyl groups is 1. The molecular weight excluding hydrogens is 308 g/mol. The molecule has 0 bridgehead atoms. The number of carboxylic acids is 1. The standard InChI is InChI=1S/C19H24O5/c1-12(2)4-6-14-10-15(7-9-17(21)22)19(24)16(18(14)23)8-5-13(3)11-20/h4-5,7,9-10,20,23-24H,6,8,11H2,1-3H3,(H,21,22). The molecule has 0 aromatic heterocycles. The number of allylic oxidation sites excluding steroid dienone is 3. The minimum absolute atomic E-state index is 0.0144. The zero-order valence-electron chi connectivity index (χ0n) is 14.2. The lowest BCUT2D eigenvalue weighted by Crippen LogP contribution is -1.96. The van der Waals surface area contributed by atoms with Gasteiger partial charge in [0, 0.05) is 17.2 Å². The van der Waals surface area contributed by atoms with Gasteiger partial charge in [-0.3, -0.25) is 0 Å². The molecule has 0 atom stereocenters. The number of aromatic hydroxyl groups is 2. The molecule has 0 unspecified atom stereocenters. The number of benzene rings is 1. The lowest BCUT2D eigenvalue weighted by Gasteiger charge is -2.13. The summed E-state index contributed by atoms with van der Waals surface area (Å²) >= 11 is 0. The second-order valence-corrected chi connectivity index (χ2v) is 5.87. The van der Waals surface area contributed by atoms with E-state index in [4.69, 9.17) is 10.2 Å². The minimum atomic E-state index is -1.12. The van der Waals surface area contributed by atoms with Crippen LogP contribution in [0.2, 0.25) is 0 Å². The summed E-state index contributed by atoms with van der Waals surface area (Å²) in [6, 6.07) is 1.58. The van der Waals surface area contributed by atoms with Crippen LogP contribution in [0.3, 0.4) is 0 Å². The molecule has 0 saturated heterocycles. The van der Waals surface area contributed by atoms with Crippen LogP contribution < -0.4 is 0 Å². The summed E-state index contributed by atoms with van der Waals surface area (Å²) in [5.74, 6) is -1.29. The Morgan fingerprint density at radius 1 is 1.08 bits per heavy atom. The van der Waals surface area contributed by atoms with Crippen molar-refractivity contribution in [1.82, 2.24) is 0 Å². The van der Waals surface area contributed by atoms with Crippen LogP contribution in [-0.4, -0.2) is 33.0 Å². The van der Waals surface area contributed by atoms with Crippen molar-refractivity contribution in [3.63, 3.8) is 0 Å². The van der Waals surface area contributed by atoms with Gasteiger partial charge in [-0.1, -0.05) is 23.3 Å². The molecule has 0 radical (unpaired) electrons. The number of carboxylic acid groups (broad SMARTS) is 1. The Morgan fingerprint density at radius 2 is 1.75 bits per heavy atom. The average Bonchev–Trinajstić information content (AvgIpc) is 2.52. The number of rotatable bonds is 7. The molecule has 24 heavy (non-hydrogen) atoms. The highest BCUT2D eigenvalue weighted by molar-refractivity contribution is 5.86. The Morgan fingerprint density at radius 3 is 2.29 bits per heavy atom. The maximum atomic E-state index is 10.7. The molecule has 5 heteroatoms. The first kappa shape index (κ1) is 19.5.